The number of allylic oxidation sites excluding steroid dienone is 1. The highest BCUT2D eigenvalue weighted by Gasteiger charge is 2.04. The third-order valence-corrected chi connectivity index (χ3v) is 2.25. The minimum Gasteiger partial charge on any atom is -0.0998 e. The molecule has 0 aliphatic rings. The van der Waals surface area contributed by atoms with E-state index < -0.39 is 0 Å². The molecule has 12 heavy (non-hydrogen) atoms. The third-order valence-electron chi connectivity index (χ3n) is 1.54. The maximum absolute atomic E-state index is 5.95. The molecular weight excluding hydrogens is 191 g/mol. The SMILES string of the molecule is C=C(C)Cc1c(Cl)cccc1Cl. The summed E-state index contributed by atoms with van der Waals surface area (Å²) in [5.41, 5.74) is 2.03. The molecule has 0 bridgehead atoms. The number of rotatable bonds is 2. The van der Waals surface area contributed by atoms with Gasteiger partial charge in [0.25, 0.3) is 0 Å². The molecule has 0 heterocycles. The summed E-state index contributed by atoms with van der Waals surface area (Å²) in [7, 11) is 0. The molecule has 0 radical (unpaired) electrons. The highest BCUT2D eigenvalue weighted by molar-refractivity contribution is 6.36. The van der Waals surface area contributed by atoms with E-state index in [0.717, 1.165) is 17.6 Å². The number of benzene rings is 1. The average molecular weight is 201 g/mol. The Morgan fingerprint density at radius 1 is 1.33 bits per heavy atom. The lowest BCUT2D eigenvalue weighted by Gasteiger charge is -2.05. The van der Waals surface area contributed by atoms with Crippen LogP contribution >= 0.6 is 23.2 Å². The zero-order chi connectivity index (χ0) is 9.14. The highest BCUT2D eigenvalue weighted by Crippen LogP contribution is 2.26. The number of hydrogen-bond acceptors (Lipinski definition) is 0. The summed E-state index contributed by atoms with van der Waals surface area (Å²) in [5, 5.41) is 1.43. The lowest BCUT2D eigenvalue weighted by molar-refractivity contribution is 1.15. The summed E-state index contributed by atoms with van der Waals surface area (Å²) < 4.78 is 0. The molecule has 0 saturated heterocycles. The van der Waals surface area contributed by atoms with Crippen molar-refractivity contribution in [3.8, 4) is 0 Å². The fourth-order valence-corrected chi connectivity index (χ4v) is 1.53. The summed E-state index contributed by atoms with van der Waals surface area (Å²) in [5.74, 6) is 0. The van der Waals surface area contributed by atoms with Crippen LogP contribution < -0.4 is 0 Å². The lowest BCUT2D eigenvalue weighted by atomic mass is 10.1. The molecule has 0 unspecified atom stereocenters. The fourth-order valence-electron chi connectivity index (χ4n) is 1.00. The second-order valence-electron chi connectivity index (χ2n) is 2.83. The lowest BCUT2D eigenvalue weighted by Crippen LogP contribution is -1.88. The second kappa shape index (κ2) is 3.97. The van der Waals surface area contributed by atoms with E-state index in [9.17, 15) is 0 Å². The van der Waals surface area contributed by atoms with Gasteiger partial charge in [0, 0.05) is 10.0 Å². The molecular formula is C10H10Cl2. The Hall–Kier alpha value is -0.460. The number of hydrogen-bond donors (Lipinski definition) is 0. The molecule has 0 saturated carbocycles. The van der Waals surface area contributed by atoms with E-state index in [1.54, 1.807) is 0 Å². The van der Waals surface area contributed by atoms with E-state index in [1.165, 1.54) is 0 Å². The van der Waals surface area contributed by atoms with Crippen LogP contribution in [0.1, 0.15) is 12.5 Å². The molecule has 64 valence electrons. The Morgan fingerprint density at radius 2 is 1.83 bits per heavy atom. The minimum absolute atomic E-state index is 0.713. The van der Waals surface area contributed by atoms with Crippen molar-refractivity contribution in [3.63, 3.8) is 0 Å². The molecule has 0 aliphatic heterocycles. The van der Waals surface area contributed by atoms with Gasteiger partial charge in [-0.3, -0.25) is 0 Å². The van der Waals surface area contributed by atoms with Crippen molar-refractivity contribution in [2.75, 3.05) is 0 Å². The second-order valence-corrected chi connectivity index (χ2v) is 3.65. The van der Waals surface area contributed by atoms with Crippen molar-refractivity contribution in [3.05, 3.63) is 46.0 Å². The maximum atomic E-state index is 5.95. The monoisotopic (exact) mass is 200 g/mol. The van der Waals surface area contributed by atoms with Crippen molar-refractivity contribution in [2.24, 2.45) is 0 Å². The van der Waals surface area contributed by atoms with Gasteiger partial charge in [-0.05, 0) is 31.0 Å². The zero-order valence-electron chi connectivity index (χ0n) is 6.90. The van der Waals surface area contributed by atoms with Crippen LogP contribution in [0.2, 0.25) is 10.0 Å². The predicted octanol–water partition coefficient (Wildman–Crippen LogP) is 4.11. The Morgan fingerprint density at radius 3 is 2.25 bits per heavy atom. The van der Waals surface area contributed by atoms with Gasteiger partial charge in [0.2, 0.25) is 0 Å². The van der Waals surface area contributed by atoms with Gasteiger partial charge in [-0.15, -0.1) is 0 Å². The first kappa shape index (κ1) is 9.63. The van der Waals surface area contributed by atoms with Crippen molar-refractivity contribution >= 4 is 23.2 Å². The molecule has 0 amide bonds. The summed E-state index contributed by atoms with van der Waals surface area (Å²) >= 11 is 11.9. The molecule has 0 spiro atoms. The first-order valence-electron chi connectivity index (χ1n) is 3.68. The van der Waals surface area contributed by atoms with Crippen LogP contribution in [-0.2, 0) is 6.42 Å². The average Bonchev–Trinajstić information content (AvgIpc) is 1.97. The van der Waals surface area contributed by atoms with Gasteiger partial charge in [-0.2, -0.15) is 0 Å². The fraction of sp³-hybridized carbons (Fsp3) is 0.200. The normalized spacial score (nSPS) is 9.92. The minimum atomic E-state index is 0.713. The highest BCUT2D eigenvalue weighted by atomic mass is 35.5. The van der Waals surface area contributed by atoms with Gasteiger partial charge >= 0.3 is 0 Å². The topological polar surface area (TPSA) is 0 Å². The van der Waals surface area contributed by atoms with E-state index in [-0.39, 0.29) is 0 Å². The quantitative estimate of drug-likeness (QED) is 0.631. The van der Waals surface area contributed by atoms with E-state index >= 15 is 0 Å². The van der Waals surface area contributed by atoms with Crippen LogP contribution in [0.4, 0.5) is 0 Å². The van der Waals surface area contributed by atoms with Crippen LogP contribution in [0, 0.1) is 0 Å². The molecule has 0 aliphatic carbocycles. The smallest absolute Gasteiger partial charge is 0.0456 e. The van der Waals surface area contributed by atoms with Gasteiger partial charge in [-0.25, -0.2) is 0 Å². The molecule has 0 atom stereocenters. The molecule has 0 fully saturated rings. The summed E-state index contributed by atoms with van der Waals surface area (Å²) in [4.78, 5) is 0. The Balaban J connectivity index is 3.04. The van der Waals surface area contributed by atoms with E-state index in [0.29, 0.717) is 10.0 Å². The van der Waals surface area contributed by atoms with E-state index in [2.05, 4.69) is 6.58 Å². The first-order valence-corrected chi connectivity index (χ1v) is 4.44. The van der Waals surface area contributed by atoms with E-state index in [1.807, 2.05) is 25.1 Å². The Labute approximate surface area is 82.8 Å². The van der Waals surface area contributed by atoms with Crippen LogP contribution in [0.15, 0.2) is 30.4 Å². The number of halogens is 2. The van der Waals surface area contributed by atoms with Gasteiger partial charge in [0.05, 0.1) is 0 Å². The van der Waals surface area contributed by atoms with Crippen LogP contribution in [0.5, 0.6) is 0 Å². The van der Waals surface area contributed by atoms with Crippen molar-refractivity contribution in [1.82, 2.24) is 0 Å². The molecule has 0 N–H and O–H groups in total. The first-order chi connectivity index (χ1) is 5.61. The summed E-state index contributed by atoms with van der Waals surface area (Å²) in [6.07, 6.45) is 0.749. The van der Waals surface area contributed by atoms with Crippen LogP contribution in [0.25, 0.3) is 0 Å². The molecule has 1 aromatic rings. The standard InChI is InChI=1S/C10H10Cl2/c1-7(2)6-8-9(11)4-3-5-10(8)12/h3-5H,1,6H2,2H3. The Bertz CT molecular complexity index is 282. The molecule has 0 aromatic heterocycles. The van der Waals surface area contributed by atoms with Crippen LogP contribution in [0.3, 0.4) is 0 Å². The maximum Gasteiger partial charge on any atom is 0.0456 e. The van der Waals surface area contributed by atoms with Crippen molar-refractivity contribution < 1.29 is 0 Å². The van der Waals surface area contributed by atoms with Crippen molar-refractivity contribution in [1.29, 1.82) is 0 Å². The van der Waals surface area contributed by atoms with E-state index in [4.69, 9.17) is 23.2 Å². The Kier molecular flexibility index (Phi) is 3.19. The molecule has 1 aromatic carbocycles. The van der Waals surface area contributed by atoms with Gasteiger partial charge in [0.15, 0.2) is 0 Å². The van der Waals surface area contributed by atoms with Gasteiger partial charge < -0.3 is 0 Å². The summed E-state index contributed by atoms with van der Waals surface area (Å²) in [6, 6.07) is 5.52. The predicted molar refractivity (Wildman–Crippen MR) is 55.0 cm³/mol. The molecule has 2 heteroatoms. The third kappa shape index (κ3) is 2.26. The van der Waals surface area contributed by atoms with Gasteiger partial charge in [0.1, 0.15) is 0 Å². The van der Waals surface area contributed by atoms with Crippen molar-refractivity contribution in [2.45, 2.75) is 13.3 Å². The largest absolute Gasteiger partial charge is 0.0998 e. The molecule has 0 nitrogen and oxygen atoms in total. The summed E-state index contributed by atoms with van der Waals surface area (Å²) in [6.45, 7) is 5.77. The van der Waals surface area contributed by atoms with Gasteiger partial charge in [-0.1, -0.05) is 41.4 Å². The van der Waals surface area contributed by atoms with Crippen LogP contribution in [-0.4, -0.2) is 0 Å². The molecule has 1 rings (SSSR count). The zero-order valence-corrected chi connectivity index (χ0v) is 8.41.